The van der Waals surface area contributed by atoms with Gasteiger partial charge in [-0.1, -0.05) is 31.0 Å². The highest BCUT2D eigenvalue weighted by atomic mass is 16.5. The number of benzene rings is 1. The van der Waals surface area contributed by atoms with Crippen molar-refractivity contribution < 1.29 is 4.74 Å². The fourth-order valence-electron chi connectivity index (χ4n) is 2.78. The Kier molecular flexibility index (Phi) is 4.52. The Morgan fingerprint density at radius 1 is 1.00 bits per heavy atom. The minimum absolute atomic E-state index is 0.809. The molecule has 3 rings (SSSR count). The summed E-state index contributed by atoms with van der Waals surface area (Å²) in [6.45, 7) is 2.85. The number of fused-ring (bicyclic) bond motifs is 1. The van der Waals surface area contributed by atoms with E-state index in [1.807, 2.05) is 0 Å². The summed E-state index contributed by atoms with van der Waals surface area (Å²) < 4.78 is 5.46. The van der Waals surface area contributed by atoms with Gasteiger partial charge in [0.25, 0.3) is 0 Å². The molecule has 0 spiro atoms. The maximum absolute atomic E-state index is 5.46. The van der Waals surface area contributed by atoms with Crippen LogP contribution in [0.15, 0.2) is 18.2 Å². The van der Waals surface area contributed by atoms with Crippen molar-refractivity contribution >= 4 is 0 Å². The zero-order chi connectivity index (χ0) is 12.9. The molecule has 0 amide bonds. The molecule has 0 bridgehead atoms. The van der Waals surface area contributed by atoms with Gasteiger partial charge in [0.05, 0.1) is 13.2 Å². The SMILES string of the molecule is c1cc2c(cc1CCCCCCNC1CC1)COC2. The van der Waals surface area contributed by atoms with E-state index in [4.69, 9.17) is 4.74 Å². The zero-order valence-corrected chi connectivity index (χ0v) is 11.8. The molecule has 1 aromatic rings. The summed E-state index contributed by atoms with van der Waals surface area (Å²) in [5.74, 6) is 0. The Hall–Kier alpha value is -0.860. The topological polar surface area (TPSA) is 21.3 Å². The molecular formula is C17H25NO. The number of hydrogen-bond donors (Lipinski definition) is 1. The molecule has 0 radical (unpaired) electrons. The Morgan fingerprint density at radius 3 is 2.74 bits per heavy atom. The van der Waals surface area contributed by atoms with E-state index in [-0.39, 0.29) is 0 Å². The van der Waals surface area contributed by atoms with Crippen LogP contribution in [-0.4, -0.2) is 12.6 Å². The molecule has 2 heteroatoms. The van der Waals surface area contributed by atoms with Gasteiger partial charge in [-0.25, -0.2) is 0 Å². The van der Waals surface area contributed by atoms with E-state index in [2.05, 4.69) is 23.5 Å². The minimum atomic E-state index is 0.809. The van der Waals surface area contributed by atoms with Crippen molar-refractivity contribution in [3.05, 3.63) is 34.9 Å². The van der Waals surface area contributed by atoms with Crippen LogP contribution in [-0.2, 0) is 24.4 Å². The second-order valence-electron chi connectivity index (χ2n) is 5.99. The third-order valence-electron chi connectivity index (χ3n) is 4.19. The summed E-state index contributed by atoms with van der Waals surface area (Å²) in [7, 11) is 0. The highest BCUT2D eigenvalue weighted by Crippen LogP contribution is 2.22. The van der Waals surface area contributed by atoms with Crippen LogP contribution >= 0.6 is 0 Å². The van der Waals surface area contributed by atoms with E-state index in [1.54, 1.807) is 0 Å². The van der Waals surface area contributed by atoms with Gasteiger partial charge in [0, 0.05) is 6.04 Å². The number of aryl methyl sites for hydroxylation is 1. The van der Waals surface area contributed by atoms with E-state index in [0.29, 0.717) is 0 Å². The smallest absolute Gasteiger partial charge is 0.0725 e. The molecule has 0 atom stereocenters. The quantitative estimate of drug-likeness (QED) is 0.721. The lowest BCUT2D eigenvalue weighted by atomic mass is 10.0. The summed E-state index contributed by atoms with van der Waals surface area (Å²) >= 11 is 0. The predicted molar refractivity (Wildman–Crippen MR) is 78.1 cm³/mol. The lowest BCUT2D eigenvalue weighted by molar-refractivity contribution is 0.134. The van der Waals surface area contributed by atoms with E-state index >= 15 is 0 Å². The van der Waals surface area contributed by atoms with Crippen LogP contribution in [0, 0.1) is 0 Å². The van der Waals surface area contributed by atoms with E-state index < -0.39 is 0 Å². The molecule has 1 aliphatic heterocycles. The van der Waals surface area contributed by atoms with Gasteiger partial charge in [0.15, 0.2) is 0 Å². The van der Waals surface area contributed by atoms with Crippen molar-refractivity contribution in [3.63, 3.8) is 0 Å². The van der Waals surface area contributed by atoms with Crippen molar-refractivity contribution in [2.75, 3.05) is 6.54 Å². The monoisotopic (exact) mass is 259 g/mol. The summed E-state index contributed by atoms with van der Waals surface area (Å²) in [5, 5.41) is 3.58. The average molecular weight is 259 g/mol. The van der Waals surface area contributed by atoms with Crippen LogP contribution < -0.4 is 5.32 Å². The van der Waals surface area contributed by atoms with E-state index in [9.17, 15) is 0 Å². The van der Waals surface area contributed by atoms with Crippen LogP contribution in [0.3, 0.4) is 0 Å². The van der Waals surface area contributed by atoms with Gasteiger partial charge in [-0.05, 0) is 55.3 Å². The molecule has 1 aromatic carbocycles. The zero-order valence-electron chi connectivity index (χ0n) is 11.8. The second-order valence-corrected chi connectivity index (χ2v) is 5.99. The third kappa shape index (κ3) is 4.05. The lowest BCUT2D eigenvalue weighted by Gasteiger charge is -2.05. The number of nitrogens with one attached hydrogen (secondary N) is 1. The van der Waals surface area contributed by atoms with Gasteiger partial charge in [0.2, 0.25) is 0 Å². The summed E-state index contributed by atoms with van der Waals surface area (Å²) in [6, 6.07) is 7.74. The maximum Gasteiger partial charge on any atom is 0.0725 e. The first kappa shape index (κ1) is 13.1. The molecule has 104 valence electrons. The Morgan fingerprint density at radius 2 is 1.84 bits per heavy atom. The van der Waals surface area contributed by atoms with Crippen LogP contribution in [0.4, 0.5) is 0 Å². The number of unbranched alkanes of at least 4 members (excludes halogenated alkanes) is 3. The molecule has 1 heterocycles. The van der Waals surface area contributed by atoms with Gasteiger partial charge in [-0.3, -0.25) is 0 Å². The van der Waals surface area contributed by atoms with Crippen molar-refractivity contribution in [3.8, 4) is 0 Å². The summed E-state index contributed by atoms with van der Waals surface area (Å²) in [4.78, 5) is 0. The van der Waals surface area contributed by atoms with Gasteiger partial charge in [0.1, 0.15) is 0 Å². The molecule has 1 N–H and O–H groups in total. The molecule has 1 saturated carbocycles. The molecule has 1 aliphatic carbocycles. The summed E-state index contributed by atoms with van der Waals surface area (Å²) in [5.41, 5.74) is 4.28. The largest absolute Gasteiger partial charge is 0.372 e. The molecule has 0 saturated heterocycles. The molecule has 1 fully saturated rings. The van der Waals surface area contributed by atoms with Gasteiger partial charge >= 0.3 is 0 Å². The first-order chi connectivity index (χ1) is 9.42. The van der Waals surface area contributed by atoms with Gasteiger partial charge < -0.3 is 10.1 Å². The molecule has 0 unspecified atom stereocenters. The van der Waals surface area contributed by atoms with Crippen molar-refractivity contribution in [2.45, 2.75) is 64.2 Å². The third-order valence-corrected chi connectivity index (χ3v) is 4.19. The predicted octanol–water partition coefficient (Wildman–Crippen LogP) is 3.57. The number of rotatable bonds is 8. The maximum atomic E-state index is 5.46. The molecule has 2 nitrogen and oxygen atoms in total. The normalized spacial score (nSPS) is 17.7. The van der Waals surface area contributed by atoms with Crippen LogP contribution in [0.5, 0.6) is 0 Å². The van der Waals surface area contributed by atoms with Gasteiger partial charge in [-0.2, -0.15) is 0 Å². The van der Waals surface area contributed by atoms with Gasteiger partial charge in [-0.15, -0.1) is 0 Å². The molecular weight excluding hydrogens is 234 g/mol. The fraction of sp³-hybridized carbons (Fsp3) is 0.647. The van der Waals surface area contributed by atoms with Crippen molar-refractivity contribution in [1.82, 2.24) is 5.32 Å². The van der Waals surface area contributed by atoms with Crippen LogP contribution in [0.25, 0.3) is 0 Å². The first-order valence-corrected chi connectivity index (χ1v) is 7.83. The van der Waals surface area contributed by atoms with E-state index in [0.717, 1.165) is 19.3 Å². The number of ether oxygens (including phenoxy) is 1. The Balaban J connectivity index is 1.29. The van der Waals surface area contributed by atoms with Crippen LogP contribution in [0.1, 0.15) is 55.2 Å². The number of hydrogen-bond acceptors (Lipinski definition) is 2. The van der Waals surface area contributed by atoms with Crippen molar-refractivity contribution in [2.24, 2.45) is 0 Å². The lowest BCUT2D eigenvalue weighted by Crippen LogP contribution is -2.17. The molecule has 2 aliphatic rings. The Labute approximate surface area is 116 Å². The fourth-order valence-corrected chi connectivity index (χ4v) is 2.78. The molecule has 19 heavy (non-hydrogen) atoms. The highest BCUT2D eigenvalue weighted by Gasteiger charge is 2.19. The summed E-state index contributed by atoms with van der Waals surface area (Å²) in [6.07, 6.45) is 9.43. The minimum Gasteiger partial charge on any atom is -0.372 e. The Bertz CT molecular complexity index is 412. The second kappa shape index (κ2) is 6.53. The van der Waals surface area contributed by atoms with Crippen LogP contribution in [0.2, 0.25) is 0 Å². The van der Waals surface area contributed by atoms with Crippen molar-refractivity contribution in [1.29, 1.82) is 0 Å². The standard InChI is InChI=1S/C17H25NO/c1(2-4-10-18-17-8-9-17)3-5-14-6-7-15-12-19-13-16(15)11-14/h6-7,11,17-18H,1-5,8-10,12-13H2. The van der Waals surface area contributed by atoms with E-state index in [1.165, 1.54) is 68.2 Å². The molecule has 0 aromatic heterocycles. The average Bonchev–Trinajstić information content (AvgIpc) is 3.13. The first-order valence-electron chi connectivity index (χ1n) is 7.83. The highest BCUT2D eigenvalue weighted by molar-refractivity contribution is 5.33.